The predicted octanol–water partition coefficient (Wildman–Crippen LogP) is 2.92. The molecule has 0 saturated carbocycles. The van der Waals surface area contributed by atoms with E-state index < -0.39 is 17.2 Å². The van der Waals surface area contributed by atoms with Crippen LogP contribution in [0.5, 0.6) is 0 Å². The van der Waals surface area contributed by atoms with Gasteiger partial charge in [-0.2, -0.15) is 0 Å². The fraction of sp³-hybridized carbons (Fsp3) is 0.714. The van der Waals surface area contributed by atoms with Crippen LogP contribution in [0.4, 0.5) is 4.79 Å². The van der Waals surface area contributed by atoms with E-state index in [1.165, 1.54) is 6.08 Å². The summed E-state index contributed by atoms with van der Waals surface area (Å²) in [6.07, 6.45) is 3.01. The number of hydrogen-bond acceptors (Lipinski definition) is 3. The SMILES string of the molecule is C=CC(=O)C1(CC)CCCN1C(=O)OC(C)(C)C. The third-order valence-electron chi connectivity index (χ3n) is 3.33. The molecule has 1 unspecified atom stereocenters. The highest BCUT2D eigenvalue weighted by atomic mass is 16.6. The van der Waals surface area contributed by atoms with Crippen LogP contribution in [0.2, 0.25) is 0 Å². The van der Waals surface area contributed by atoms with E-state index in [2.05, 4.69) is 6.58 Å². The minimum atomic E-state index is -0.746. The summed E-state index contributed by atoms with van der Waals surface area (Å²) in [6.45, 7) is 11.5. The lowest BCUT2D eigenvalue weighted by atomic mass is 9.88. The molecule has 1 saturated heterocycles. The lowest BCUT2D eigenvalue weighted by molar-refractivity contribution is -0.124. The molecular weight excluding hydrogens is 230 g/mol. The second-order valence-electron chi connectivity index (χ2n) is 5.69. The van der Waals surface area contributed by atoms with Gasteiger partial charge in [-0.1, -0.05) is 13.5 Å². The predicted molar refractivity (Wildman–Crippen MR) is 70.4 cm³/mol. The Labute approximate surface area is 109 Å². The van der Waals surface area contributed by atoms with E-state index in [0.717, 1.165) is 6.42 Å². The largest absolute Gasteiger partial charge is 0.444 e. The first-order valence-electron chi connectivity index (χ1n) is 6.44. The average molecular weight is 253 g/mol. The molecule has 4 heteroatoms. The number of nitrogens with zero attached hydrogens (tertiary/aromatic N) is 1. The molecule has 0 aromatic carbocycles. The number of carbonyl (C=O) groups excluding carboxylic acids is 2. The number of rotatable bonds is 3. The number of hydrogen-bond donors (Lipinski definition) is 0. The van der Waals surface area contributed by atoms with Gasteiger partial charge in [0, 0.05) is 6.54 Å². The molecule has 1 aliphatic heterocycles. The Morgan fingerprint density at radius 2 is 2.06 bits per heavy atom. The Kier molecular flexibility index (Phi) is 4.20. The van der Waals surface area contributed by atoms with Gasteiger partial charge in [0.05, 0.1) is 0 Å². The van der Waals surface area contributed by atoms with Gasteiger partial charge in [0.1, 0.15) is 11.1 Å². The van der Waals surface area contributed by atoms with Crippen molar-refractivity contribution in [1.29, 1.82) is 0 Å². The van der Waals surface area contributed by atoms with E-state index >= 15 is 0 Å². The molecule has 102 valence electrons. The molecule has 1 amide bonds. The highest BCUT2D eigenvalue weighted by Crippen LogP contribution is 2.34. The van der Waals surface area contributed by atoms with Crippen LogP contribution in [0.1, 0.15) is 47.0 Å². The van der Waals surface area contributed by atoms with Crippen LogP contribution in [0.3, 0.4) is 0 Å². The van der Waals surface area contributed by atoms with Gasteiger partial charge in [-0.15, -0.1) is 0 Å². The van der Waals surface area contributed by atoms with Gasteiger partial charge < -0.3 is 4.74 Å². The summed E-state index contributed by atoms with van der Waals surface area (Å²) in [5.41, 5.74) is -1.29. The van der Waals surface area contributed by atoms with E-state index in [9.17, 15) is 9.59 Å². The number of amides is 1. The third-order valence-corrected chi connectivity index (χ3v) is 3.33. The second kappa shape index (κ2) is 5.12. The molecule has 4 nitrogen and oxygen atoms in total. The van der Waals surface area contributed by atoms with Crippen molar-refractivity contribution in [3.8, 4) is 0 Å². The van der Waals surface area contributed by atoms with Crippen LogP contribution >= 0.6 is 0 Å². The van der Waals surface area contributed by atoms with Crippen molar-refractivity contribution in [3.63, 3.8) is 0 Å². The number of ether oxygens (including phenoxy) is 1. The quantitative estimate of drug-likeness (QED) is 0.726. The van der Waals surface area contributed by atoms with E-state index in [1.54, 1.807) is 4.90 Å². The van der Waals surface area contributed by atoms with Crippen molar-refractivity contribution in [3.05, 3.63) is 12.7 Å². The topological polar surface area (TPSA) is 46.6 Å². The minimum Gasteiger partial charge on any atom is -0.444 e. The van der Waals surface area contributed by atoms with Crippen LogP contribution in [-0.4, -0.2) is 34.5 Å². The molecule has 0 spiro atoms. The lowest BCUT2D eigenvalue weighted by Gasteiger charge is -2.36. The maximum Gasteiger partial charge on any atom is 0.411 e. The summed E-state index contributed by atoms with van der Waals surface area (Å²) in [7, 11) is 0. The maximum absolute atomic E-state index is 12.2. The van der Waals surface area contributed by atoms with Crippen LogP contribution in [0.15, 0.2) is 12.7 Å². The first-order chi connectivity index (χ1) is 8.27. The zero-order valence-corrected chi connectivity index (χ0v) is 11.8. The lowest BCUT2D eigenvalue weighted by Crippen LogP contribution is -2.53. The van der Waals surface area contributed by atoms with Gasteiger partial charge >= 0.3 is 6.09 Å². The minimum absolute atomic E-state index is 0.0895. The molecule has 0 aliphatic carbocycles. The smallest absolute Gasteiger partial charge is 0.411 e. The van der Waals surface area contributed by atoms with Crippen molar-refractivity contribution < 1.29 is 14.3 Å². The van der Waals surface area contributed by atoms with Crippen LogP contribution < -0.4 is 0 Å². The number of ketones is 1. The van der Waals surface area contributed by atoms with Gasteiger partial charge in [-0.3, -0.25) is 9.69 Å². The number of likely N-dealkylation sites (tertiary alicyclic amines) is 1. The van der Waals surface area contributed by atoms with E-state index in [0.29, 0.717) is 19.4 Å². The zero-order chi connectivity index (χ0) is 14.0. The first-order valence-corrected chi connectivity index (χ1v) is 6.44. The summed E-state index contributed by atoms with van der Waals surface area (Å²) in [4.78, 5) is 25.8. The standard InChI is InChI=1S/C14H23NO3/c1-6-11(16)14(7-2)9-8-10-15(14)12(17)18-13(3,4)5/h6H,1,7-10H2,2-5H3. The van der Waals surface area contributed by atoms with Crippen molar-refractivity contribution in [2.24, 2.45) is 0 Å². The highest BCUT2D eigenvalue weighted by molar-refractivity contribution is 5.99. The molecule has 18 heavy (non-hydrogen) atoms. The molecular formula is C14H23NO3. The molecule has 1 aliphatic rings. The number of carbonyl (C=O) groups is 2. The van der Waals surface area contributed by atoms with Gasteiger partial charge in [0.25, 0.3) is 0 Å². The molecule has 0 N–H and O–H groups in total. The van der Waals surface area contributed by atoms with Crippen LogP contribution in [0, 0.1) is 0 Å². The Morgan fingerprint density at radius 1 is 1.44 bits per heavy atom. The second-order valence-corrected chi connectivity index (χ2v) is 5.69. The van der Waals surface area contributed by atoms with Crippen LogP contribution in [0.25, 0.3) is 0 Å². The van der Waals surface area contributed by atoms with Crippen molar-refractivity contribution >= 4 is 11.9 Å². The van der Waals surface area contributed by atoms with Gasteiger partial charge in [0.15, 0.2) is 5.78 Å². The van der Waals surface area contributed by atoms with E-state index in [-0.39, 0.29) is 5.78 Å². The van der Waals surface area contributed by atoms with E-state index in [4.69, 9.17) is 4.74 Å². The third kappa shape index (κ3) is 2.74. The Hall–Kier alpha value is -1.32. The van der Waals surface area contributed by atoms with Crippen molar-refractivity contribution in [2.75, 3.05) is 6.54 Å². The summed E-state index contributed by atoms with van der Waals surface area (Å²) >= 11 is 0. The molecule has 0 aromatic heterocycles. The summed E-state index contributed by atoms with van der Waals surface area (Å²) in [5, 5.41) is 0. The van der Waals surface area contributed by atoms with E-state index in [1.807, 2.05) is 27.7 Å². The molecule has 0 bridgehead atoms. The molecule has 0 aromatic rings. The molecule has 0 radical (unpaired) electrons. The van der Waals surface area contributed by atoms with Crippen molar-refractivity contribution in [2.45, 2.75) is 58.1 Å². The van der Waals surface area contributed by atoms with Gasteiger partial charge in [-0.25, -0.2) is 4.79 Å². The van der Waals surface area contributed by atoms with Gasteiger partial charge in [-0.05, 0) is 46.1 Å². The average Bonchev–Trinajstić information content (AvgIpc) is 2.70. The molecule has 1 rings (SSSR count). The zero-order valence-electron chi connectivity index (χ0n) is 11.8. The Bertz CT molecular complexity index is 357. The highest BCUT2D eigenvalue weighted by Gasteiger charge is 2.48. The fourth-order valence-corrected chi connectivity index (χ4v) is 2.45. The molecule has 1 atom stereocenters. The normalized spacial score (nSPS) is 23.9. The van der Waals surface area contributed by atoms with Crippen LogP contribution in [-0.2, 0) is 9.53 Å². The fourth-order valence-electron chi connectivity index (χ4n) is 2.45. The monoisotopic (exact) mass is 253 g/mol. The maximum atomic E-state index is 12.2. The molecule has 1 heterocycles. The Morgan fingerprint density at radius 3 is 2.50 bits per heavy atom. The van der Waals surface area contributed by atoms with Crippen molar-refractivity contribution in [1.82, 2.24) is 4.90 Å². The summed E-state index contributed by atoms with van der Waals surface area (Å²) in [5.74, 6) is -0.0895. The molecule has 1 fully saturated rings. The summed E-state index contributed by atoms with van der Waals surface area (Å²) < 4.78 is 5.37. The Balaban J connectivity index is 2.96. The summed E-state index contributed by atoms with van der Waals surface area (Å²) in [6, 6.07) is 0. The van der Waals surface area contributed by atoms with Gasteiger partial charge in [0.2, 0.25) is 0 Å². The first kappa shape index (κ1) is 14.7.